The summed E-state index contributed by atoms with van der Waals surface area (Å²) in [6.45, 7) is 3.94. The molecule has 0 aliphatic carbocycles. The van der Waals surface area contributed by atoms with E-state index in [1.165, 1.54) is 0 Å². The quantitative estimate of drug-likeness (QED) is 0.888. The molecule has 5 nitrogen and oxygen atoms in total. The minimum absolute atomic E-state index is 0. The van der Waals surface area contributed by atoms with Crippen molar-refractivity contribution in [2.45, 2.75) is 25.7 Å². The maximum absolute atomic E-state index is 13.1. The summed E-state index contributed by atoms with van der Waals surface area (Å²) < 4.78 is 41.4. The van der Waals surface area contributed by atoms with Crippen LogP contribution in [0.5, 0.6) is 0 Å². The molecule has 134 valence electrons. The summed E-state index contributed by atoms with van der Waals surface area (Å²) in [4.78, 5) is 10.4. The van der Waals surface area contributed by atoms with Crippen LogP contribution in [0, 0.1) is 6.92 Å². The van der Waals surface area contributed by atoms with E-state index in [0.717, 1.165) is 23.7 Å². The zero-order chi connectivity index (χ0) is 16.6. The van der Waals surface area contributed by atoms with E-state index in [1.54, 1.807) is 13.1 Å². The lowest BCUT2D eigenvalue weighted by Crippen LogP contribution is -2.46. The molecule has 1 unspecified atom stereocenters. The average Bonchev–Trinajstić information content (AvgIpc) is 3.05. The number of nitrogens with one attached hydrogen (secondary N) is 1. The van der Waals surface area contributed by atoms with Gasteiger partial charge in [0.15, 0.2) is 5.69 Å². The minimum Gasteiger partial charge on any atom is -0.337 e. The fourth-order valence-electron chi connectivity index (χ4n) is 2.87. The molecule has 3 heterocycles. The fourth-order valence-corrected chi connectivity index (χ4v) is 3.85. The average molecular weight is 382 g/mol. The van der Waals surface area contributed by atoms with Gasteiger partial charge in [-0.2, -0.15) is 13.2 Å². The van der Waals surface area contributed by atoms with Crippen molar-refractivity contribution < 1.29 is 13.2 Å². The second kappa shape index (κ2) is 7.38. The van der Waals surface area contributed by atoms with E-state index in [4.69, 9.17) is 0 Å². The molecule has 1 N–H and O–H groups in total. The number of imidazole rings is 1. The zero-order valence-corrected chi connectivity index (χ0v) is 14.9. The summed E-state index contributed by atoms with van der Waals surface area (Å²) in [6, 6.07) is -0.0489. The number of thiazole rings is 1. The molecule has 0 bridgehead atoms. The Labute approximate surface area is 148 Å². The molecule has 0 radical (unpaired) electrons. The molecular weight excluding hydrogens is 363 g/mol. The monoisotopic (exact) mass is 381 g/mol. The first-order chi connectivity index (χ1) is 10.9. The van der Waals surface area contributed by atoms with Crippen molar-refractivity contribution in [3.63, 3.8) is 0 Å². The van der Waals surface area contributed by atoms with Gasteiger partial charge in [-0.25, -0.2) is 9.97 Å². The highest BCUT2D eigenvalue weighted by atomic mass is 35.5. The smallest absolute Gasteiger partial charge is 0.337 e. The molecule has 24 heavy (non-hydrogen) atoms. The fraction of sp³-hybridized carbons (Fsp3) is 0.571. The molecule has 10 heteroatoms. The number of piperazine rings is 1. The largest absolute Gasteiger partial charge is 0.434 e. The topological polar surface area (TPSA) is 46.0 Å². The number of halogens is 4. The Hall–Kier alpha value is -1.16. The van der Waals surface area contributed by atoms with Gasteiger partial charge in [0.05, 0.1) is 15.9 Å². The van der Waals surface area contributed by atoms with Crippen LogP contribution >= 0.6 is 23.7 Å². The van der Waals surface area contributed by atoms with Crippen LogP contribution in [-0.2, 0) is 19.8 Å². The normalized spacial score (nSPS) is 19.3. The second-order valence-corrected chi connectivity index (χ2v) is 6.88. The Balaban J connectivity index is 0.00000208. The molecule has 0 spiro atoms. The predicted octanol–water partition coefficient (Wildman–Crippen LogP) is 2.77. The number of hydrogen-bond donors (Lipinski definition) is 1. The molecule has 0 amide bonds. The Morgan fingerprint density at radius 2 is 2.17 bits per heavy atom. The van der Waals surface area contributed by atoms with Crippen LogP contribution in [0.1, 0.15) is 27.4 Å². The summed E-state index contributed by atoms with van der Waals surface area (Å²) in [5, 5.41) is 3.73. The molecule has 1 aliphatic heterocycles. The molecule has 2 aromatic heterocycles. The lowest BCUT2D eigenvalue weighted by Gasteiger charge is -2.35. The van der Waals surface area contributed by atoms with Crippen molar-refractivity contribution in [3.8, 4) is 0 Å². The molecule has 0 aromatic carbocycles. The Morgan fingerprint density at radius 1 is 1.42 bits per heavy atom. The van der Waals surface area contributed by atoms with Gasteiger partial charge in [0.2, 0.25) is 0 Å². The number of aryl methyl sites for hydroxylation is 2. The van der Waals surface area contributed by atoms with E-state index < -0.39 is 11.9 Å². The van der Waals surface area contributed by atoms with Gasteiger partial charge < -0.3 is 9.88 Å². The molecular formula is C14H19ClF3N5S. The number of alkyl halides is 3. The van der Waals surface area contributed by atoms with Gasteiger partial charge in [0.25, 0.3) is 0 Å². The van der Waals surface area contributed by atoms with Crippen LogP contribution < -0.4 is 5.32 Å². The molecule has 0 saturated carbocycles. The highest BCUT2D eigenvalue weighted by Gasteiger charge is 2.38. The predicted molar refractivity (Wildman–Crippen MR) is 88.3 cm³/mol. The number of nitrogens with zero attached hydrogens (tertiary/aromatic N) is 4. The van der Waals surface area contributed by atoms with Crippen LogP contribution in [0.3, 0.4) is 0 Å². The van der Waals surface area contributed by atoms with Gasteiger partial charge in [0.1, 0.15) is 5.82 Å². The molecule has 1 aliphatic rings. The summed E-state index contributed by atoms with van der Waals surface area (Å²) in [6.07, 6.45) is -0.854. The maximum atomic E-state index is 13.1. The zero-order valence-electron chi connectivity index (χ0n) is 13.3. The molecule has 1 saturated heterocycles. The van der Waals surface area contributed by atoms with E-state index in [2.05, 4.69) is 15.3 Å². The van der Waals surface area contributed by atoms with E-state index in [0.29, 0.717) is 18.1 Å². The van der Waals surface area contributed by atoms with Crippen molar-refractivity contribution in [3.05, 3.63) is 33.8 Å². The third-order valence-electron chi connectivity index (χ3n) is 3.93. The van der Waals surface area contributed by atoms with Gasteiger partial charge in [-0.05, 0) is 6.92 Å². The second-order valence-electron chi connectivity index (χ2n) is 5.59. The lowest BCUT2D eigenvalue weighted by molar-refractivity contribution is -0.141. The van der Waals surface area contributed by atoms with Crippen molar-refractivity contribution in [2.75, 3.05) is 19.6 Å². The Kier molecular flexibility index (Phi) is 5.90. The van der Waals surface area contributed by atoms with Crippen LogP contribution in [-0.4, -0.2) is 39.1 Å². The van der Waals surface area contributed by atoms with Crippen molar-refractivity contribution >= 4 is 23.7 Å². The van der Waals surface area contributed by atoms with Gasteiger partial charge in [-0.3, -0.25) is 4.90 Å². The maximum Gasteiger partial charge on any atom is 0.434 e. The Bertz CT molecular complexity index is 684. The van der Waals surface area contributed by atoms with Crippen molar-refractivity contribution in [1.29, 1.82) is 0 Å². The number of hydrogen-bond acceptors (Lipinski definition) is 5. The third kappa shape index (κ3) is 3.90. The first-order valence-electron chi connectivity index (χ1n) is 7.31. The minimum atomic E-state index is -4.41. The van der Waals surface area contributed by atoms with Crippen LogP contribution in [0.2, 0.25) is 0 Å². The summed E-state index contributed by atoms with van der Waals surface area (Å²) >= 11 is 1.12. The SMILES string of the molecule is Cc1nc(C(F)(F)F)c(CN2CCNCC2c2nccn2C)s1.Cl. The molecule has 3 rings (SSSR count). The van der Waals surface area contributed by atoms with E-state index in [-0.39, 0.29) is 29.9 Å². The van der Waals surface area contributed by atoms with Crippen LogP contribution in [0.15, 0.2) is 12.4 Å². The van der Waals surface area contributed by atoms with Crippen molar-refractivity contribution in [2.24, 2.45) is 7.05 Å². The highest BCUT2D eigenvalue weighted by Crippen LogP contribution is 2.36. The Morgan fingerprint density at radius 3 is 2.79 bits per heavy atom. The third-order valence-corrected chi connectivity index (χ3v) is 4.89. The molecule has 1 fully saturated rings. The lowest BCUT2D eigenvalue weighted by atomic mass is 10.1. The van der Waals surface area contributed by atoms with E-state index in [1.807, 2.05) is 22.7 Å². The first kappa shape index (κ1) is 19.2. The molecule has 1 atom stereocenters. The summed E-state index contributed by atoms with van der Waals surface area (Å²) in [5.41, 5.74) is -0.753. The highest BCUT2D eigenvalue weighted by molar-refractivity contribution is 7.11. The van der Waals surface area contributed by atoms with Crippen molar-refractivity contribution in [1.82, 2.24) is 24.8 Å². The van der Waals surface area contributed by atoms with E-state index in [9.17, 15) is 13.2 Å². The number of aromatic nitrogens is 3. The van der Waals surface area contributed by atoms with Gasteiger partial charge in [-0.1, -0.05) is 0 Å². The summed E-state index contributed by atoms with van der Waals surface area (Å²) in [5.74, 6) is 0.854. The van der Waals surface area contributed by atoms with Gasteiger partial charge in [0, 0.05) is 45.6 Å². The van der Waals surface area contributed by atoms with Crippen LogP contribution in [0.4, 0.5) is 13.2 Å². The van der Waals surface area contributed by atoms with Crippen LogP contribution in [0.25, 0.3) is 0 Å². The number of rotatable bonds is 3. The van der Waals surface area contributed by atoms with E-state index >= 15 is 0 Å². The summed E-state index contributed by atoms with van der Waals surface area (Å²) in [7, 11) is 1.90. The molecule has 2 aromatic rings. The standard InChI is InChI=1S/C14H18F3N5S.ClH/c1-9-20-12(14(15,16)17)11(23-9)8-22-6-3-18-7-10(22)13-19-4-5-21(13)2;/h4-5,10,18H,3,6-8H2,1-2H3;1H. The van der Waals surface area contributed by atoms with Gasteiger partial charge >= 0.3 is 6.18 Å². The first-order valence-corrected chi connectivity index (χ1v) is 8.13. The van der Waals surface area contributed by atoms with Gasteiger partial charge in [-0.15, -0.1) is 23.7 Å².